The molecule has 0 atom stereocenters. The van der Waals surface area contributed by atoms with E-state index in [2.05, 4.69) is 9.97 Å². The number of rotatable bonds is 2. The molecule has 18 heavy (non-hydrogen) atoms. The molecular formula is C10H12B2N2O4. The minimum Gasteiger partial charge on any atom is -0.423 e. The summed E-state index contributed by atoms with van der Waals surface area (Å²) in [4.78, 5) is 7.37. The summed E-state index contributed by atoms with van der Waals surface area (Å²) in [6.07, 6.45) is 5.97. The first kappa shape index (κ1) is 14.3. The Morgan fingerprint density at radius 3 is 1.28 bits per heavy atom. The van der Waals surface area contributed by atoms with Crippen LogP contribution >= 0.6 is 0 Å². The van der Waals surface area contributed by atoms with Gasteiger partial charge in [0, 0.05) is 35.7 Å². The van der Waals surface area contributed by atoms with Crippen LogP contribution in [0.15, 0.2) is 49.1 Å². The van der Waals surface area contributed by atoms with Crippen LogP contribution in [0.3, 0.4) is 0 Å². The van der Waals surface area contributed by atoms with Gasteiger partial charge in [0.2, 0.25) is 0 Å². The molecule has 2 rings (SSSR count). The van der Waals surface area contributed by atoms with Gasteiger partial charge < -0.3 is 20.1 Å². The van der Waals surface area contributed by atoms with Crippen LogP contribution in [0.25, 0.3) is 0 Å². The van der Waals surface area contributed by atoms with E-state index in [1.165, 1.54) is 12.4 Å². The van der Waals surface area contributed by atoms with Crippen molar-refractivity contribution >= 4 is 25.2 Å². The van der Waals surface area contributed by atoms with E-state index >= 15 is 0 Å². The topological polar surface area (TPSA) is 107 Å². The Hall–Kier alpha value is -1.73. The molecular weight excluding hydrogens is 234 g/mol. The van der Waals surface area contributed by atoms with E-state index in [4.69, 9.17) is 20.1 Å². The Kier molecular flexibility index (Phi) is 6.03. The molecule has 0 amide bonds. The van der Waals surface area contributed by atoms with Gasteiger partial charge in [0.25, 0.3) is 0 Å². The molecule has 0 aliphatic rings. The van der Waals surface area contributed by atoms with Crippen LogP contribution in [0.5, 0.6) is 0 Å². The van der Waals surface area contributed by atoms with Crippen molar-refractivity contribution in [2.24, 2.45) is 0 Å². The number of aromatic nitrogens is 2. The molecule has 92 valence electrons. The highest BCUT2D eigenvalue weighted by Crippen LogP contribution is 1.78. The molecule has 0 aliphatic carbocycles. The third-order valence-corrected chi connectivity index (χ3v) is 1.97. The molecule has 4 N–H and O–H groups in total. The lowest BCUT2D eigenvalue weighted by molar-refractivity contribution is 0.424. The van der Waals surface area contributed by atoms with E-state index in [1.807, 2.05) is 0 Å². The highest BCUT2D eigenvalue weighted by atomic mass is 16.4. The SMILES string of the molecule is OB(O)c1cccnc1.OB(O)c1cccnc1. The highest BCUT2D eigenvalue weighted by molar-refractivity contribution is 6.58. The average molecular weight is 246 g/mol. The van der Waals surface area contributed by atoms with Crippen LogP contribution < -0.4 is 10.9 Å². The van der Waals surface area contributed by atoms with E-state index in [0.29, 0.717) is 10.9 Å². The first-order valence-corrected chi connectivity index (χ1v) is 5.13. The molecule has 0 aromatic carbocycles. The Labute approximate surface area is 105 Å². The minimum atomic E-state index is -1.40. The molecule has 0 bridgehead atoms. The second kappa shape index (κ2) is 7.57. The number of nitrogens with zero attached hydrogens (tertiary/aromatic N) is 2. The second-order valence-corrected chi connectivity index (χ2v) is 3.32. The molecule has 0 aliphatic heterocycles. The van der Waals surface area contributed by atoms with Crippen molar-refractivity contribution in [3.63, 3.8) is 0 Å². The number of hydrogen-bond acceptors (Lipinski definition) is 6. The summed E-state index contributed by atoms with van der Waals surface area (Å²) >= 11 is 0. The maximum atomic E-state index is 8.54. The van der Waals surface area contributed by atoms with Crippen molar-refractivity contribution < 1.29 is 20.1 Å². The Bertz CT molecular complexity index is 399. The fourth-order valence-electron chi connectivity index (χ4n) is 1.06. The van der Waals surface area contributed by atoms with Gasteiger partial charge in [-0.1, -0.05) is 12.1 Å². The van der Waals surface area contributed by atoms with Crippen LogP contribution in [0, 0.1) is 0 Å². The molecule has 0 saturated heterocycles. The van der Waals surface area contributed by atoms with Crippen LogP contribution in [0.2, 0.25) is 0 Å². The maximum absolute atomic E-state index is 8.54. The summed E-state index contributed by atoms with van der Waals surface area (Å²) in [5.41, 5.74) is 0.829. The van der Waals surface area contributed by atoms with Gasteiger partial charge in [0.05, 0.1) is 0 Å². The fraction of sp³-hybridized carbons (Fsp3) is 0. The molecule has 2 aromatic rings. The van der Waals surface area contributed by atoms with E-state index < -0.39 is 14.2 Å². The normalized spacial score (nSPS) is 9.11. The van der Waals surface area contributed by atoms with E-state index in [9.17, 15) is 0 Å². The van der Waals surface area contributed by atoms with Crippen LogP contribution in [-0.2, 0) is 0 Å². The zero-order valence-electron chi connectivity index (χ0n) is 9.46. The van der Waals surface area contributed by atoms with Crippen molar-refractivity contribution in [3.8, 4) is 0 Å². The average Bonchev–Trinajstić information content (AvgIpc) is 2.41. The van der Waals surface area contributed by atoms with Gasteiger partial charge in [-0.3, -0.25) is 9.97 Å². The predicted molar refractivity (Wildman–Crippen MR) is 68.1 cm³/mol. The van der Waals surface area contributed by atoms with E-state index in [-0.39, 0.29) is 0 Å². The molecule has 0 spiro atoms. The maximum Gasteiger partial charge on any atom is 0.490 e. The van der Waals surface area contributed by atoms with E-state index in [1.54, 1.807) is 36.7 Å². The summed E-state index contributed by atoms with van der Waals surface area (Å²) in [5, 5.41) is 34.2. The van der Waals surface area contributed by atoms with Gasteiger partial charge in [0.1, 0.15) is 0 Å². The smallest absolute Gasteiger partial charge is 0.423 e. The zero-order chi connectivity index (χ0) is 13.4. The highest BCUT2D eigenvalue weighted by Gasteiger charge is 2.08. The van der Waals surface area contributed by atoms with Crippen molar-refractivity contribution in [3.05, 3.63) is 49.1 Å². The standard InChI is InChI=1S/2C5H6BNO2/c2*8-6(9)5-2-1-3-7-4-5/h2*1-4,8-9H. The molecule has 0 saturated carbocycles. The molecule has 0 unspecified atom stereocenters. The lowest BCUT2D eigenvalue weighted by Gasteiger charge is -1.93. The first-order valence-electron chi connectivity index (χ1n) is 5.13. The lowest BCUT2D eigenvalue weighted by Crippen LogP contribution is -2.29. The summed E-state index contributed by atoms with van der Waals surface area (Å²) in [6.45, 7) is 0. The first-order chi connectivity index (χ1) is 8.61. The van der Waals surface area contributed by atoms with Crippen molar-refractivity contribution in [2.75, 3.05) is 0 Å². The van der Waals surface area contributed by atoms with Crippen molar-refractivity contribution in [1.29, 1.82) is 0 Å². The second-order valence-electron chi connectivity index (χ2n) is 3.32. The molecule has 2 heterocycles. The van der Waals surface area contributed by atoms with Crippen LogP contribution in [0.1, 0.15) is 0 Å². The zero-order valence-corrected chi connectivity index (χ0v) is 9.46. The van der Waals surface area contributed by atoms with Crippen molar-refractivity contribution in [1.82, 2.24) is 9.97 Å². The van der Waals surface area contributed by atoms with E-state index in [0.717, 1.165) is 0 Å². The monoisotopic (exact) mass is 246 g/mol. The van der Waals surface area contributed by atoms with Crippen LogP contribution in [-0.4, -0.2) is 44.3 Å². The van der Waals surface area contributed by atoms with Gasteiger partial charge in [-0.25, -0.2) is 0 Å². The third kappa shape index (κ3) is 5.07. The minimum absolute atomic E-state index is 0.414. The molecule has 2 aromatic heterocycles. The summed E-state index contributed by atoms with van der Waals surface area (Å²) in [6, 6.07) is 6.49. The van der Waals surface area contributed by atoms with Gasteiger partial charge >= 0.3 is 14.2 Å². The molecule has 0 radical (unpaired) electrons. The summed E-state index contributed by atoms with van der Waals surface area (Å²) in [5.74, 6) is 0. The predicted octanol–water partition coefficient (Wildman–Crippen LogP) is -2.48. The Balaban J connectivity index is 0.000000180. The van der Waals surface area contributed by atoms with Gasteiger partial charge in [-0.05, 0) is 12.1 Å². The van der Waals surface area contributed by atoms with Crippen molar-refractivity contribution in [2.45, 2.75) is 0 Å². The van der Waals surface area contributed by atoms with Gasteiger partial charge in [-0.2, -0.15) is 0 Å². The lowest BCUT2D eigenvalue weighted by atomic mass is 9.82. The molecule has 6 nitrogen and oxygen atoms in total. The van der Waals surface area contributed by atoms with Gasteiger partial charge in [-0.15, -0.1) is 0 Å². The third-order valence-electron chi connectivity index (χ3n) is 1.97. The largest absolute Gasteiger partial charge is 0.490 e. The van der Waals surface area contributed by atoms with Crippen LogP contribution in [0.4, 0.5) is 0 Å². The Morgan fingerprint density at radius 1 is 0.722 bits per heavy atom. The number of pyridine rings is 2. The summed E-state index contributed by atoms with van der Waals surface area (Å²) in [7, 11) is -2.81. The Morgan fingerprint density at radius 2 is 1.11 bits per heavy atom. The molecule has 8 heteroatoms. The molecule has 0 fully saturated rings. The number of hydrogen-bond donors (Lipinski definition) is 4. The fourth-order valence-corrected chi connectivity index (χ4v) is 1.06. The quantitative estimate of drug-likeness (QED) is 0.437. The van der Waals surface area contributed by atoms with Gasteiger partial charge in [0.15, 0.2) is 0 Å². The summed E-state index contributed by atoms with van der Waals surface area (Å²) < 4.78 is 0.